The Bertz CT molecular complexity index is 368. The molecule has 3 heteroatoms. The Hall–Kier alpha value is -0.380. The van der Waals surface area contributed by atoms with Crippen molar-refractivity contribution in [2.24, 2.45) is 5.41 Å². The Morgan fingerprint density at radius 1 is 1.50 bits per heavy atom. The molecule has 1 unspecified atom stereocenters. The van der Waals surface area contributed by atoms with Gasteiger partial charge in [0, 0.05) is 29.4 Å². The first-order valence-corrected chi connectivity index (χ1v) is 7.78. The molecule has 0 spiro atoms. The molecule has 2 heterocycles. The van der Waals surface area contributed by atoms with Gasteiger partial charge in [-0.1, -0.05) is 33.8 Å². The molecule has 2 nitrogen and oxygen atoms in total. The fourth-order valence-electron chi connectivity index (χ4n) is 2.68. The Balaban J connectivity index is 1.94. The molecule has 1 aromatic rings. The van der Waals surface area contributed by atoms with E-state index in [0.29, 0.717) is 11.5 Å². The molecule has 1 atom stereocenters. The molecule has 2 N–H and O–H groups in total. The minimum Gasteiger partial charge on any atom is -0.316 e. The summed E-state index contributed by atoms with van der Waals surface area (Å²) in [5.74, 6) is 0. The van der Waals surface area contributed by atoms with Crippen LogP contribution in [0.4, 0.5) is 0 Å². The molecule has 0 aliphatic carbocycles. The maximum atomic E-state index is 3.81. The zero-order valence-electron chi connectivity index (χ0n) is 12.0. The molecule has 18 heavy (non-hydrogen) atoms. The predicted octanol–water partition coefficient (Wildman–Crippen LogP) is 3.00. The summed E-state index contributed by atoms with van der Waals surface area (Å²) in [7, 11) is 0. The quantitative estimate of drug-likeness (QED) is 0.875. The summed E-state index contributed by atoms with van der Waals surface area (Å²) >= 11 is 1.86. The van der Waals surface area contributed by atoms with Crippen molar-refractivity contribution in [1.82, 2.24) is 10.6 Å². The summed E-state index contributed by atoms with van der Waals surface area (Å²) in [5.41, 5.74) is 0.582. The van der Waals surface area contributed by atoms with Crippen molar-refractivity contribution < 1.29 is 0 Å². The summed E-state index contributed by atoms with van der Waals surface area (Å²) in [6.45, 7) is 12.7. The van der Waals surface area contributed by atoms with Crippen molar-refractivity contribution >= 4 is 11.3 Å². The largest absolute Gasteiger partial charge is 0.316 e. The van der Waals surface area contributed by atoms with Gasteiger partial charge in [0.05, 0.1) is 0 Å². The van der Waals surface area contributed by atoms with Gasteiger partial charge in [0.1, 0.15) is 0 Å². The van der Waals surface area contributed by atoms with E-state index in [2.05, 4.69) is 55.8 Å². The van der Waals surface area contributed by atoms with Crippen LogP contribution in [0.25, 0.3) is 0 Å². The number of nitrogens with one attached hydrogen (secondary N) is 2. The molecule has 1 fully saturated rings. The van der Waals surface area contributed by atoms with Gasteiger partial charge in [-0.3, -0.25) is 0 Å². The number of hydrogen-bond donors (Lipinski definition) is 2. The van der Waals surface area contributed by atoms with Gasteiger partial charge in [-0.25, -0.2) is 0 Å². The smallest absolute Gasteiger partial charge is 0.0143 e. The number of rotatable bonds is 4. The third-order valence-electron chi connectivity index (χ3n) is 4.11. The van der Waals surface area contributed by atoms with Crippen LogP contribution in [0.2, 0.25) is 0 Å². The minimum atomic E-state index is 0.231. The average molecular weight is 266 g/mol. The Morgan fingerprint density at radius 2 is 2.28 bits per heavy atom. The Morgan fingerprint density at radius 3 is 2.89 bits per heavy atom. The van der Waals surface area contributed by atoms with E-state index in [0.717, 1.165) is 19.6 Å². The SMILES string of the molecule is CC(C)(CNC1CCNCC1(C)C)c1cccs1. The third kappa shape index (κ3) is 3.14. The van der Waals surface area contributed by atoms with Crippen LogP contribution in [-0.2, 0) is 5.41 Å². The first-order chi connectivity index (χ1) is 8.42. The summed E-state index contributed by atoms with van der Waals surface area (Å²) in [4.78, 5) is 1.47. The highest BCUT2D eigenvalue weighted by Gasteiger charge is 2.33. The molecule has 0 bridgehead atoms. The van der Waals surface area contributed by atoms with E-state index in [-0.39, 0.29) is 5.41 Å². The lowest BCUT2D eigenvalue weighted by Crippen LogP contribution is -2.54. The van der Waals surface area contributed by atoms with Crippen molar-refractivity contribution in [2.45, 2.75) is 45.6 Å². The van der Waals surface area contributed by atoms with Crippen molar-refractivity contribution in [1.29, 1.82) is 0 Å². The summed E-state index contributed by atoms with van der Waals surface area (Å²) in [6.07, 6.45) is 1.23. The number of hydrogen-bond acceptors (Lipinski definition) is 3. The van der Waals surface area contributed by atoms with Crippen LogP contribution in [0.15, 0.2) is 17.5 Å². The van der Waals surface area contributed by atoms with E-state index in [9.17, 15) is 0 Å². The van der Waals surface area contributed by atoms with E-state index in [1.165, 1.54) is 11.3 Å². The number of thiophene rings is 1. The zero-order chi connectivity index (χ0) is 13.2. The molecular formula is C15H26N2S. The van der Waals surface area contributed by atoms with Crippen LogP contribution in [0.3, 0.4) is 0 Å². The lowest BCUT2D eigenvalue weighted by Gasteiger charge is -2.41. The topological polar surface area (TPSA) is 24.1 Å². The Kier molecular flexibility index (Phi) is 4.15. The molecule has 1 aliphatic rings. The van der Waals surface area contributed by atoms with Crippen molar-refractivity contribution in [3.05, 3.63) is 22.4 Å². The average Bonchev–Trinajstić information content (AvgIpc) is 2.81. The highest BCUT2D eigenvalue weighted by molar-refractivity contribution is 7.10. The van der Waals surface area contributed by atoms with Gasteiger partial charge in [0.2, 0.25) is 0 Å². The third-order valence-corrected chi connectivity index (χ3v) is 5.35. The maximum absolute atomic E-state index is 3.81. The van der Waals surface area contributed by atoms with Crippen LogP contribution in [-0.4, -0.2) is 25.7 Å². The second kappa shape index (κ2) is 5.32. The molecule has 1 saturated heterocycles. The molecule has 0 amide bonds. The van der Waals surface area contributed by atoms with E-state index < -0.39 is 0 Å². The monoisotopic (exact) mass is 266 g/mol. The first kappa shape index (κ1) is 14.0. The molecule has 1 aliphatic heterocycles. The van der Waals surface area contributed by atoms with Gasteiger partial charge in [-0.15, -0.1) is 11.3 Å². The minimum absolute atomic E-state index is 0.231. The van der Waals surface area contributed by atoms with Crippen LogP contribution in [0.1, 0.15) is 39.0 Å². The molecule has 0 radical (unpaired) electrons. The van der Waals surface area contributed by atoms with Crippen LogP contribution in [0, 0.1) is 5.41 Å². The molecule has 0 aromatic carbocycles. The fraction of sp³-hybridized carbons (Fsp3) is 0.733. The van der Waals surface area contributed by atoms with Crippen molar-refractivity contribution in [3.63, 3.8) is 0 Å². The fourth-order valence-corrected chi connectivity index (χ4v) is 3.53. The van der Waals surface area contributed by atoms with Crippen molar-refractivity contribution in [3.8, 4) is 0 Å². The second-order valence-electron chi connectivity index (χ2n) is 6.75. The van der Waals surface area contributed by atoms with E-state index >= 15 is 0 Å². The lowest BCUT2D eigenvalue weighted by atomic mass is 9.79. The van der Waals surface area contributed by atoms with Gasteiger partial charge < -0.3 is 10.6 Å². The van der Waals surface area contributed by atoms with E-state index in [1.807, 2.05) is 11.3 Å². The number of piperidine rings is 1. The van der Waals surface area contributed by atoms with Gasteiger partial charge >= 0.3 is 0 Å². The molecule has 102 valence electrons. The first-order valence-electron chi connectivity index (χ1n) is 6.90. The highest BCUT2D eigenvalue weighted by Crippen LogP contribution is 2.29. The van der Waals surface area contributed by atoms with Gasteiger partial charge in [-0.05, 0) is 29.8 Å². The Labute approximate surface area is 115 Å². The standard InChI is InChI=1S/C15H26N2S/c1-14(2)10-16-8-7-12(14)17-11-15(3,4)13-6-5-9-18-13/h5-6,9,12,16-17H,7-8,10-11H2,1-4H3. The van der Waals surface area contributed by atoms with Crippen LogP contribution in [0.5, 0.6) is 0 Å². The molecule has 1 aromatic heterocycles. The normalized spacial score (nSPS) is 24.1. The van der Waals surface area contributed by atoms with Crippen LogP contribution >= 0.6 is 11.3 Å². The summed E-state index contributed by atoms with van der Waals surface area (Å²) in [5, 5.41) is 9.47. The molecule has 2 rings (SSSR count). The van der Waals surface area contributed by atoms with Gasteiger partial charge in [0.25, 0.3) is 0 Å². The molecular weight excluding hydrogens is 240 g/mol. The van der Waals surface area contributed by atoms with Crippen molar-refractivity contribution in [2.75, 3.05) is 19.6 Å². The lowest BCUT2D eigenvalue weighted by molar-refractivity contribution is 0.178. The van der Waals surface area contributed by atoms with Gasteiger partial charge in [0.15, 0.2) is 0 Å². The van der Waals surface area contributed by atoms with Gasteiger partial charge in [-0.2, -0.15) is 0 Å². The maximum Gasteiger partial charge on any atom is 0.0143 e. The second-order valence-corrected chi connectivity index (χ2v) is 7.70. The predicted molar refractivity (Wildman–Crippen MR) is 80.4 cm³/mol. The highest BCUT2D eigenvalue weighted by atomic mass is 32.1. The summed E-state index contributed by atoms with van der Waals surface area (Å²) in [6, 6.07) is 5.02. The zero-order valence-corrected chi connectivity index (χ0v) is 12.9. The van der Waals surface area contributed by atoms with E-state index in [1.54, 1.807) is 0 Å². The van der Waals surface area contributed by atoms with E-state index in [4.69, 9.17) is 0 Å². The summed E-state index contributed by atoms with van der Waals surface area (Å²) < 4.78 is 0. The molecule has 0 saturated carbocycles. The van der Waals surface area contributed by atoms with Crippen LogP contribution < -0.4 is 10.6 Å².